The van der Waals surface area contributed by atoms with Gasteiger partial charge in [0.05, 0.1) is 36.1 Å². The first-order valence-electron chi connectivity index (χ1n) is 4.05. The SMILES string of the molecule is C=C(I)C[C@H](C)CC(N)N(I)OC. The topological polar surface area (TPSA) is 38.5 Å². The highest BCUT2D eigenvalue weighted by Gasteiger charge is 2.14. The van der Waals surface area contributed by atoms with E-state index >= 15 is 0 Å². The standard InChI is InChI=1S/C8H16I2N2O/c1-6(4-7(2)9)5-8(11)12(10)13-3/h6,8H,2,4-5,11H2,1,3H3/t6-,8?/m0/s1. The molecular weight excluding hydrogens is 394 g/mol. The van der Waals surface area contributed by atoms with Gasteiger partial charge in [-0.25, -0.2) is 0 Å². The first-order valence-corrected chi connectivity index (χ1v) is 6.09. The van der Waals surface area contributed by atoms with Crippen molar-refractivity contribution in [3.8, 4) is 0 Å². The molecule has 0 bridgehead atoms. The quantitative estimate of drug-likeness (QED) is 0.317. The second-order valence-corrected chi connectivity index (χ2v) is 5.56. The van der Waals surface area contributed by atoms with Crippen molar-refractivity contribution >= 4 is 45.5 Å². The predicted octanol–water partition coefficient (Wildman–Crippen LogP) is 2.85. The lowest BCUT2D eigenvalue weighted by Gasteiger charge is -2.22. The van der Waals surface area contributed by atoms with Crippen LogP contribution in [0.1, 0.15) is 19.8 Å². The number of nitrogens with zero attached hydrogens (tertiary/aromatic N) is 1. The summed E-state index contributed by atoms with van der Waals surface area (Å²) in [6.07, 6.45) is 1.89. The van der Waals surface area contributed by atoms with Gasteiger partial charge < -0.3 is 5.73 Å². The minimum absolute atomic E-state index is 0.0450. The molecule has 0 heterocycles. The van der Waals surface area contributed by atoms with Gasteiger partial charge in [-0.2, -0.15) is 0 Å². The van der Waals surface area contributed by atoms with Crippen LogP contribution in [0.25, 0.3) is 0 Å². The molecule has 0 fully saturated rings. The highest BCUT2D eigenvalue weighted by atomic mass is 127. The molecule has 0 rings (SSSR count). The summed E-state index contributed by atoms with van der Waals surface area (Å²) < 4.78 is 2.82. The molecular formula is C8H16I2N2O. The molecule has 2 N–H and O–H groups in total. The summed E-state index contributed by atoms with van der Waals surface area (Å²) in [5, 5.41) is 0. The van der Waals surface area contributed by atoms with Gasteiger partial charge in [0.25, 0.3) is 0 Å². The summed E-state index contributed by atoms with van der Waals surface area (Å²) in [5.41, 5.74) is 5.87. The second kappa shape index (κ2) is 7.38. The van der Waals surface area contributed by atoms with Gasteiger partial charge in [0.2, 0.25) is 0 Å². The monoisotopic (exact) mass is 410 g/mol. The highest BCUT2D eigenvalue weighted by Crippen LogP contribution is 2.20. The molecule has 0 aliphatic heterocycles. The van der Waals surface area contributed by atoms with Crippen LogP contribution in [0.4, 0.5) is 0 Å². The Morgan fingerprint density at radius 3 is 2.62 bits per heavy atom. The number of rotatable bonds is 6. The van der Waals surface area contributed by atoms with E-state index in [1.165, 1.54) is 3.58 Å². The van der Waals surface area contributed by atoms with Crippen LogP contribution in [0.15, 0.2) is 10.2 Å². The van der Waals surface area contributed by atoms with Crippen molar-refractivity contribution in [2.45, 2.75) is 25.9 Å². The molecule has 0 aliphatic rings. The van der Waals surface area contributed by atoms with Gasteiger partial charge in [0.15, 0.2) is 0 Å². The molecule has 0 saturated heterocycles. The number of allylic oxidation sites excluding steroid dienone is 1. The first kappa shape index (κ1) is 14.1. The van der Waals surface area contributed by atoms with Gasteiger partial charge >= 0.3 is 0 Å². The summed E-state index contributed by atoms with van der Waals surface area (Å²) in [6, 6.07) is 0. The van der Waals surface area contributed by atoms with Crippen LogP contribution in [0.2, 0.25) is 0 Å². The van der Waals surface area contributed by atoms with E-state index in [1.807, 2.05) is 0 Å². The molecule has 13 heavy (non-hydrogen) atoms. The van der Waals surface area contributed by atoms with Crippen LogP contribution in [0.5, 0.6) is 0 Å². The molecule has 0 aromatic rings. The van der Waals surface area contributed by atoms with Crippen molar-refractivity contribution < 1.29 is 4.84 Å². The second-order valence-electron chi connectivity index (χ2n) is 3.08. The van der Waals surface area contributed by atoms with Gasteiger partial charge in [-0.05, 0) is 44.9 Å². The molecule has 78 valence electrons. The van der Waals surface area contributed by atoms with Gasteiger partial charge in [-0.1, -0.05) is 13.5 Å². The molecule has 0 radical (unpaired) electrons. The summed E-state index contributed by atoms with van der Waals surface area (Å²) in [6.45, 7) is 6.04. The molecule has 0 aromatic heterocycles. The van der Waals surface area contributed by atoms with Crippen molar-refractivity contribution in [1.82, 2.24) is 3.28 Å². The Morgan fingerprint density at radius 2 is 2.23 bits per heavy atom. The van der Waals surface area contributed by atoms with Crippen molar-refractivity contribution in [3.63, 3.8) is 0 Å². The minimum atomic E-state index is -0.0450. The van der Waals surface area contributed by atoms with Crippen LogP contribution in [-0.2, 0) is 4.84 Å². The molecule has 2 atom stereocenters. The predicted molar refractivity (Wildman–Crippen MR) is 72.4 cm³/mol. The molecule has 0 amide bonds. The fraction of sp³-hybridized carbons (Fsp3) is 0.750. The van der Waals surface area contributed by atoms with E-state index in [9.17, 15) is 0 Å². The normalized spacial score (nSPS) is 15.8. The van der Waals surface area contributed by atoms with Crippen LogP contribution in [0, 0.1) is 5.92 Å². The Hall–Kier alpha value is 1.08. The Kier molecular flexibility index (Phi) is 8.00. The van der Waals surface area contributed by atoms with E-state index in [-0.39, 0.29) is 6.17 Å². The van der Waals surface area contributed by atoms with E-state index in [0.717, 1.165) is 12.8 Å². The molecule has 5 heteroatoms. The maximum absolute atomic E-state index is 5.87. The average Bonchev–Trinajstić information content (AvgIpc) is 2.01. The summed E-state index contributed by atoms with van der Waals surface area (Å²) in [7, 11) is 1.62. The number of hydrogen-bond donors (Lipinski definition) is 1. The van der Waals surface area contributed by atoms with Gasteiger partial charge in [-0.15, -0.1) is 3.28 Å². The van der Waals surface area contributed by atoms with Crippen LogP contribution in [-0.4, -0.2) is 16.6 Å². The largest absolute Gasteiger partial charge is 0.313 e. The van der Waals surface area contributed by atoms with E-state index in [0.29, 0.717) is 5.92 Å². The first-order chi connectivity index (χ1) is 5.97. The van der Waals surface area contributed by atoms with E-state index in [1.54, 1.807) is 10.4 Å². The molecule has 0 aromatic carbocycles. The number of hydrogen-bond acceptors (Lipinski definition) is 3. The van der Waals surface area contributed by atoms with Gasteiger partial charge in [0, 0.05) is 0 Å². The molecule has 3 nitrogen and oxygen atoms in total. The lowest BCUT2D eigenvalue weighted by atomic mass is 10.0. The summed E-state index contributed by atoms with van der Waals surface area (Å²) >= 11 is 4.31. The number of nitrogens with two attached hydrogens (primary N) is 1. The summed E-state index contributed by atoms with van der Waals surface area (Å²) in [4.78, 5) is 4.99. The van der Waals surface area contributed by atoms with Crippen LogP contribution >= 0.6 is 45.5 Å². The zero-order valence-electron chi connectivity index (χ0n) is 7.96. The van der Waals surface area contributed by atoms with Crippen LogP contribution < -0.4 is 5.73 Å². The third-order valence-electron chi connectivity index (χ3n) is 1.65. The fourth-order valence-corrected chi connectivity index (χ4v) is 2.07. The van der Waals surface area contributed by atoms with Crippen LogP contribution in [0.3, 0.4) is 0 Å². The fourth-order valence-electron chi connectivity index (χ4n) is 1.09. The van der Waals surface area contributed by atoms with Crippen molar-refractivity contribution in [2.75, 3.05) is 7.11 Å². The Bertz CT molecular complexity index is 166. The Morgan fingerprint density at radius 1 is 1.69 bits per heavy atom. The Labute approximate surface area is 108 Å². The third kappa shape index (κ3) is 7.06. The van der Waals surface area contributed by atoms with Crippen molar-refractivity contribution in [1.29, 1.82) is 0 Å². The molecule has 1 unspecified atom stereocenters. The number of hydroxylamine groups is 1. The molecule has 0 spiro atoms. The highest BCUT2D eigenvalue weighted by molar-refractivity contribution is 14.1. The van der Waals surface area contributed by atoms with Gasteiger partial charge in [0.1, 0.15) is 0 Å². The average molecular weight is 410 g/mol. The maximum Gasteiger partial charge on any atom is 0.0928 e. The molecule has 0 saturated carbocycles. The third-order valence-corrected chi connectivity index (χ3v) is 3.20. The van der Waals surface area contributed by atoms with Gasteiger partial charge in [-0.3, -0.25) is 4.84 Å². The molecule has 0 aliphatic carbocycles. The number of halogens is 2. The van der Waals surface area contributed by atoms with Crippen molar-refractivity contribution in [2.24, 2.45) is 11.7 Å². The lowest BCUT2D eigenvalue weighted by Crippen LogP contribution is -2.35. The minimum Gasteiger partial charge on any atom is -0.313 e. The van der Waals surface area contributed by atoms with Crippen molar-refractivity contribution in [3.05, 3.63) is 10.2 Å². The van der Waals surface area contributed by atoms with E-state index < -0.39 is 0 Å². The maximum atomic E-state index is 5.87. The van der Waals surface area contributed by atoms with E-state index in [2.05, 4.69) is 59.0 Å². The summed E-state index contributed by atoms with van der Waals surface area (Å²) in [5.74, 6) is 0.548. The lowest BCUT2D eigenvalue weighted by molar-refractivity contribution is -0.0529. The zero-order valence-corrected chi connectivity index (χ0v) is 12.3. The zero-order chi connectivity index (χ0) is 10.4. The Balaban J connectivity index is 3.76. The smallest absolute Gasteiger partial charge is 0.0928 e. The van der Waals surface area contributed by atoms with E-state index in [4.69, 9.17) is 10.6 Å².